The second-order valence-electron chi connectivity index (χ2n) is 4.58. The number of ether oxygens (including phenoxy) is 2. The third-order valence-corrected chi connectivity index (χ3v) is 3.28. The van der Waals surface area contributed by atoms with Crippen molar-refractivity contribution in [1.29, 1.82) is 0 Å². The summed E-state index contributed by atoms with van der Waals surface area (Å²) in [5, 5.41) is 3.52. The smallest absolute Gasteiger partial charge is 0.122 e. The molecule has 1 aliphatic heterocycles. The predicted octanol–water partition coefficient (Wildman–Crippen LogP) is 2.14. The second-order valence-corrected chi connectivity index (χ2v) is 4.58. The fourth-order valence-corrected chi connectivity index (χ4v) is 2.44. The topological polar surface area (TPSA) is 30.5 Å². The minimum absolute atomic E-state index is 0.599. The molecule has 0 aromatic heterocycles. The van der Waals surface area contributed by atoms with Crippen LogP contribution in [0.3, 0.4) is 0 Å². The van der Waals surface area contributed by atoms with E-state index in [-0.39, 0.29) is 0 Å². The molecule has 17 heavy (non-hydrogen) atoms. The van der Waals surface area contributed by atoms with Crippen LogP contribution in [0.25, 0.3) is 0 Å². The number of rotatable bonds is 5. The lowest BCUT2D eigenvalue weighted by Gasteiger charge is -2.14. The molecule has 2 rings (SSSR count). The Balaban J connectivity index is 2.12. The Labute approximate surface area is 103 Å². The van der Waals surface area contributed by atoms with Crippen molar-refractivity contribution >= 4 is 0 Å². The van der Waals surface area contributed by atoms with Crippen LogP contribution in [0.15, 0.2) is 18.2 Å². The van der Waals surface area contributed by atoms with Crippen LogP contribution >= 0.6 is 0 Å². The van der Waals surface area contributed by atoms with Gasteiger partial charge in [0, 0.05) is 13.2 Å². The molecule has 3 nitrogen and oxygen atoms in total. The molecule has 1 aliphatic rings. The fraction of sp³-hybridized carbons (Fsp3) is 0.571. The molecule has 1 heterocycles. The van der Waals surface area contributed by atoms with Gasteiger partial charge in [0.2, 0.25) is 0 Å². The maximum atomic E-state index is 5.42. The van der Waals surface area contributed by atoms with E-state index in [1.54, 1.807) is 14.2 Å². The van der Waals surface area contributed by atoms with Gasteiger partial charge in [-0.1, -0.05) is 6.07 Å². The first kappa shape index (κ1) is 12.4. The molecule has 0 saturated carbocycles. The van der Waals surface area contributed by atoms with Crippen molar-refractivity contribution in [3.8, 4) is 5.75 Å². The summed E-state index contributed by atoms with van der Waals surface area (Å²) >= 11 is 0. The summed E-state index contributed by atoms with van der Waals surface area (Å²) in [4.78, 5) is 0. The third-order valence-electron chi connectivity index (χ3n) is 3.28. The second kappa shape index (κ2) is 6.03. The first-order valence-corrected chi connectivity index (χ1v) is 6.21. The predicted molar refractivity (Wildman–Crippen MR) is 68.4 cm³/mol. The zero-order chi connectivity index (χ0) is 12.1. The van der Waals surface area contributed by atoms with E-state index in [4.69, 9.17) is 9.47 Å². The number of methoxy groups -OCH3 is 2. The van der Waals surface area contributed by atoms with Crippen LogP contribution in [-0.4, -0.2) is 26.8 Å². The Kier molecular flexibility index (Phi) is 4.40. The van der Waals surface area contributed by atoms with Crippen molar-refractivity contribution in [2.24, 2.45) is 0 Å². The van der Waals surface area contributed by atoms with Gasteiger partial charge in [0.25, 0.3) is 0 Å². The maximum absolute atomic E-state index is 5.42. The average molecular weight is 235 g/mol. The summed E-state index contributed by atoms with van der Waals surface area (Å²) in [6.07, 6.45) is 3.59. The highest BCUT2D eigenvalue weighted by molar-refractivity contribution is 5.37. The molecule has 94 valence electrons. The summed E-state index contributed by atoms with van der Waals surface area (Å²) in [6, 6.07) is 6.90. The average Bonchev–Trinajstić information content (AvgIpc) is 2.83. The lowest BCUT2D eigenvalue weighted by atomic mass is 10.0. The Bertz CT molecular complexity index is 359. The molecule has 3 heteroatoms. The summed E-state index contributed by atoms with van der Waals surface area (Å²) in [5.74, 6) is 0.985. The van der Waals surface area contributed by atoms with E-state index in [1.165, 1.54) is 24.0 Å². The molecule has 1 aromatic carbocycles. The van der Waals surface area contributed by atoms with Crippen molar-refractivity contribution in [2.45, 2.75) is 31.9 Å². The van der Waals surface area contributed by atoms with Gasteiger partial charge in [0.15, 0.2) is 0 Å². The van der Waals surface area contributed by atoms with E-state index < -0.39 is 0 Å². The van der Waals surface area contributed by atoms with Crippen molar-refractivity contribution < 1.29 is 9.47 Å². The van der Waals surface area contributed by atoms with E-state index in [9.17, 15) is 0 Å². The number of benzene rings is 1. The molecule has 1 aromatic rings. The first-order chi connectivity index (χ1) is 8.33. The lowest BCUT2D eigenvalue weighted by molar-refractivity contribution is 0.184. The van der Waals surface area contributed by atoms with Gasteiger partial charge >= 0.3 is 0 Å². The van der Waals surface area contributed by atoms with Gasteiger partial charge in [0.05, 0.1) is 13.7 Å². The van der Waals surface area contributed by atoms with E-state index in [0.29, 0.717) is 12.6 Å². The maximum Gasteiger partial charge on any atom is 0.122 e. The molecule has 1 unspecified atom stereocenters. The number of hydrogen-bond acceptors (Lipinski definition) is 3. The Morgan fingerprint density at radius 2 is 2.24 bits per heavy atom. The van der Waals surface area contributed by atoms with Crippen LogP contribution < -0.4 is 10.1 Å². The number of hydrogen-bond donors (Lipinski definition) is 1. The molecule has 1 saturated heterocycles. The van der Waals surface area contributed by atoms with Crippen LogP contribution in [0.2, 0.25) is 0 Å². The first-order valence-electron chi connectivity index (χ1n) is 6.21. The van der Waals surface area contributed by atoms with Crippen LogP contribution in [-0.2, 0) is 17.8 Å². The van der Waals surface area contributed by atoms with Crippen LogP contribution in [0.1, 0.15) is 24.0 Å². The van der Waals surface area contributed by atoms with Crippen molar-refractivity contribution in [3.05, 3.63) is 29.3 Å². The molecule has 0 spiro atoms. The highest BCUT2D eigenvalue weighted by Crippen LogP contribution is 2.23. The molecular formula is C14H21NO2. The number of nitrogens with one attached hydrogen (secondary N) is 1. The quantitative estimate of drug-likeness (QED) is 0.848. The van der Waals surface area contributed by atoms with Gasteiger partial charge in [0.1, 0.15) is 5.75 Å². The molecule has 0 radical (unpaired) electrons. The normalized spacial score (nSPS) is 19.5. The van der Waals surface area contributed by atoms with Crippen LogP contribution in [0, 0.1) is 0 Å². The van der Waals surface area contributed by atoms with E-state index in [0.717, 1.165) is 18.7 Å². The SMILES string of the molecule is COCc1ccc(OC)c(CC2CCCN2)c1. The minimum Gasteiger partial charge on any atom is -0.496 e. The molecule has 1 N–H and O–H groups in total. The van der Waals surface area contributed by atoms with Gasteiger partial charge in [-0.15, -0.1) is 0 Å². The van der Waals surface area contributed by atoms with Crippen molar-refractivity contribution in [2.75, 3.05) is 20.8 Å². The van der Waals surface area contributed by atoms with Gasteiger partial charge in [-0.3, -0.25) is 0 Å². The summed E-state index contributed by atoms with van der Waals surface area (Å²) in [7, 11) is 3.46. The molecule has 0 aliphatic carbocycles. The van der Waals surface area contributed by atoms with E-state index >= 15 is 0 Å². The largest absolute Gasteiger partial charge is 0.496 e. The Morgan fingerprint density at radius 3 is 2.88 bits per heavy atom. The van der Waals surface area contributed by atoms with Gasteiger partial charge in [-0.05, 0) is 49.1 Å². The van der Waals surface area contributed by atoms with Crippen molar-refractivity contribution in [1.82, 2.24) is 5.32 Å². The monoisotopic (exact) mass is 235 g/mol. The molecule has 0 amide bonds. The standard InChI is InChI=1S/C14H21NO2/c1-16-10-11-5-6-14(17-2)12(8-11)9-13-4-3-7-15-13/h5-6,8,13,15H,3-4,7,9-10H2,1-2H3. The summed E-state index contributed by atoms with van der Waals surface area (Å²) < 4.78 is 10.6. The Hall–Kier alpha value is -1.06. The minimum atomic E-state index is 0.599. The molecule has 0 bridgehead atoms. The van der Waals surface area contributed by atoms with Gasteiger partial charge in [-0.25, -0.2) is 0 Å². The fourth-order valence-electron chi connectivity index (χ4n) is 2.44. The zero-order valence-corrected chi connectivity index (χ0v) is 10.7. The zero-order valence-electron chi connectivity index (χ0n) is 10.7. The highest BCUT2D eigenvalue weighted by atomic mass is 16.5. The van der Waals surface area contributed by atoms with E-state index in [2.05, 4.69) is 17.4 Å². The Morgan fingerprint density at radius 1 is 1.35 bits per heavy atom. The molecule has 1 fully saturated rings. The van der Waals surface area contributed by atoms with Gasteiger partial charge < -0.3 is 14.8 Å². The van der Waals surface area contributed by atoms with Crippen LogP contribution in [0.4, 0.5) is 0 Å². The third kappa shape index (κ3) is 3.20. The molecular weight excluding hydrogens is 214 g/mol. The van der Waals surface area contributed by atoms with E-state index in [1.807, 2.05) is 6.07 Å². The molecule has 1 atom stereocenters. The van der Waals surface area contributed by atoms with Crippen LogP contribution in [0.5, 0.6) is 5.75 Å². The summed E-state index contributed by atoms with van der Waals surface area (Å²) in [5.41, 5.74) is 2.49. The lowest BCUT2D eigenvalue weighted by Crippen LogP contribution is -2.23. The van der Waals surface area contributed by atoms with Gasteiger partial charge in [-0.2, -0.15) is 0 Å². The highest BCUT2D eigenvalue weighted by Gasteiger charge is 2.16. The summed E-state index contributed by atoms with van der Waals surface area (Å²) in [6.45, 7) is 1.81. The van der Waals surface area contributed by atoms with Crippen molar-refractivity contribution in [3.63, 3.8) is 0 Å².